The van der Waals surface area contributed by atoms with Crippen LogP contribution in [-0.2, 0) is 14.2 Å². The maximum absolute atomic E-state index is 11.9. The first-order valence-corrected chi connectivity index (χ1v) is 6.19. The normalized spacial score (nSPS) is 28.3. The van der Waals surface area contributed by atoms with Gasteiger partial charge in [0.15, 0.2) is 0 Å². The Bertz CT molecular complexity index is 303. The summed E-state index contributed by atoms with van der Waals surface area (Å²) in [4.78, 5) is 13.2. The Morgan fingerprint density at radius 1 is 1.32 bits per heavy atom. The van der Waals surface area contributed by atoms with Crippen LogP contribution in [0.3, 0.4) is 0 Å². The van der Waals surface area contributed by atoms with E-state index in [1.807, 2.05) is 0 Å². The van der Waals surface area contributed by atoms with Crippen molar-refractivity contribution in [3.63, 3.8) is 0 Å². The second kappa shape index (κ2) is 6.51. The molecular formula is C12H23NO6. The minimum atomic E-state index is -1.07. The molecule has 0 radical (unpaired) electrons. The van der Waals surface area contributed by atoms with Gasteiger partial charge in [-0.3, -0.25) is 0 Å². The Hall–Kier alpha value is -0.890. The van der Waals surface area contributed by atoms with Crippen molar-refractivity contribution >= 4 is 6.09 Å². The van der Waals surface area contributed by atoms with Crippen molar-refractivity contribution in [3.8, 4) is 0 Å². The summed E-state index contributed by atoms with van der Waals surface area (Å²) in [6.45, 7) is 5.44. The van der Waals surface area contributed by atoms with E-state index in [2.05, 4.69) is 0 Å². The van der Waals surface area contributed by atoms with E-state index in [0.29, 0.717) is 0 Å². The lowest BCUT2D eigenvalue weighted by atomic mass is 10.0. The highest BCUT2D eigenvalue weighted by molar-refractivity contribution is 5.68. The summed E-state index contributed by atoms with van der Waals surface area (Å²) >= 11 is 0. The number of carbonyl (C=O) groups excluding carboxylic acids is 1. The number of hydrogen-bond donors (Lipinski definition) is 2. The highest BCUT2D eigenvalue weighted by Gasteiger charge is 2.38. The second-order valence-electron chi connectivity index (χ2n) is 5.55. The number of aliphatic hydroxyl groups is 2. The maximum atomic E-state index is 11.9. The fourth-order valence-corrected chi connectivity index (χ4v) is 1.76. The van der Waals surface area contributed by atoms with Crippen LogP contribution < -0.4 is 0 Å². The van der Waals surface area contributed by atoms with Gasteiger partial charge in [-0.1, -0.05) is 0 Å². The van der Waals surface area contributed by atoms with Crippen molar-refractivity contribution in [3.05, 3.63) is 0 Å². The predicted octanol–water partition coefficient (Wildman–Crippen LogP) is -0.0520. The Labute approximate surface area is 113 Å². The minimum Gasteiger partial charge on any atom is -0.444 e. The van der Waals surface area contributed by atoms with Gasteiger partial charge in [-0.2, -0.15) is 0 Å². The summed E-state index contributed by atoms with van der Waals surface area (Å²) in [5, 5.41) is 19.5. The van der Waals surface area contributed by atoms with E-state index in [9.17, 15) is 15.0 Å². The Morgan fingerprint density at radius 3 is 2.47 bits per heavy atom. The molecule has 7 nitrogen and oxygen atoms in total. The molecule has 1 rings (SSSR count). The van der Waals surface area contributed by atoms with Crippen molar-refractivity contribution in [2.75, 3.05) is 27.0 Å². The molecule has 0 aromatic rings. The van der Waals surface area contributed by atoms with Gasteiger partial charge in [-0.25, -0.2) is 4.79 Å². The number of ether oxygens (including phenoxy) is 3. The zero-order valence-electron chi connectivity index (χ0n) is 11.8. The van der Waals surface area contributed by atoms with Gasteiger partial charge < -0.3 is 29.3 Å². The number of amides is 1. The molecule has 1 saturated heterocycles. The molecule has 1 aliphatic heterocycles. The molecule has 0 aromatic carbocycles. The molecule has 1 heterocycles. The first-order chi connectivity index (χ1) is 8.74. The third kappa shape index (κ3) is 4.94. The molecule has 3 atom stereocenters. The maximum Gasteiger partial charge on any atom is 0.410 e. The number of carbonyl (C=O) groups is 1. The lowest BCUT2D eigenvalue weighted by molar-refractivity contribution is -0.165. The summed E-state index contributed by atoms with van der Waals surface area (Å²) in [7, 11) is 1.46. The molecular weight excluding hydrogens is 254 g/mol. The van der Waals surface area contributed by atoms with Gasteiger partial charge >= 0.3 is 6.09 Å². The highest BCUT2D eigenvalue weighted by atomic mass is 16.7. The van der Waals surface area contributed by atoms with Gasteiger partial charge in [0.1, 0.15) is 30.7 Å². The van der Waals surface area contributed by atoms with E-state index in [1.165, 1.54) is 12.0 Å². The van der Waals surface area contributed by atoms with Crippen LogP contribution >= 0.6 is 0 Å². The van der Waals surface area contributed by atoms with Gasteiger partial charge in [-0.05, 0) is 20.8 Å². The number of nitrogens with zero attached hydrogens (tertiary/aromatic N) is 1. The average Bonchev–Trinajstić information content (AvgIpc) is 2.28. The summed E-state index contributed by atoms with van der Waals surface area (Å²) in [5.74, 6) is 0. The molecule has 0 unspecified atom stereocenters. The fraction of sp³-hybridized carbons (Fsp3) is 0.917. The largest absolute Gasteiger partial charge is 0.444 e. The van der Waals surface area contributed by atoms with E-state index in [0.717, 1.165) is 0 Å². The predicted molar refractivity (Wildman–Crippen MR) is 66.6 cm³/mol. The average molecular weight is 277 g/mol. The van der Waals surface area contributed by atoms with Crippen LogP contribution in [0.5, 0.6) is 0 Å². The van der Waals surface area contributed by atoms with Crippen molar-refractivity contribution in [1.29, 1.82) is 0 Å². The third-order valence-corrected chi connectivity index (χ3v) is 2.63. The van der Waals surface area contributed by atoms with Gasteiger partial charge in [0, 0.05) is 7.11 Å². The number of β-amino-alcohol motifs (C(OH)–C–C–N with tert-alkyl or cyclic N) is 1. The number of aliphatic hydroxyl groups excluding tert-OH is 2. The molecule has 1 amide bonds. The standard InChI is InChI=1S/C12H23NO6/c1-12(2,3)19-11(16)13-5-8(14)10(15)9(6-13)18-7-17-4/h8-10,14-15H,5-7H2,1-4H3/t8-,9-,10-/m0/s1. The van der Waals surface area contributed by atoms with Gasteiger partial charge in [0.25, 0.3) is 0 Å². The van der Waals surface area contributed by atoms with Crippen LogP contribution in [-0.4, -0.2) is 72.1 Å². The van der Waals surface area contributed by atoms with Crippen LogP contribution in [0.4, 0.5) is 4.79 Å². The zero-order chi connectivity index (χ0) is 14.6. The van der Waals surface area contributed by atoms with Crippen LogP contribution in [0.1, 0.15) is 20.8 Å². The fourth-order valence-electron chi connectivity index (χ4n) is 1.76. The van der Waals surface area contributed by atoms with Crippen LogP contribution in [0.25, 0.3) is 0 Å². The first kappa shape index (κ1) is 16.2. The minimum absolute atomic E-state index is 0.0168. The van der Waals surface area contributed by atoms with E-state index < -0.39 is 30.0 Å². The van der Waals surface area contributed by atoms with Gasteiger partial charge in [0.2, 0.25) is 0 Å². The molecule has 2 N–H and O–H groups in total. The highest BCUT2D eigenvalue weighted by Crippen LogP contribution is 2.18. The van der Waals surface area contributed by atoms with Gasteiger partial charge in [0.05, 0.1) is 13.1 Å². The Morgan fingerprint density at radius 2 is 1.95 bits per heavy atom. The van der Waals surface area contributed by atoms with Crippen LogP contribution in [0, 0.1) is 0 Å². The molecule has 112 valence electrons. The molecule has 1 aliphatic rings. The third-order valence-electron chi connectivity index (χ3n) is 2.63. The van der Waals surface area contributed by atoms with Crippen molar-refractivity contribution < 1.29 is 29.2 Å². The summed E-state index contributed by atoms with van der Waals surface area (Å²) in [6.07, 6.45) is -3.35. The van der Waals surface area contributed by atoms with E-state index >= 15 is 0 Å². The van der Waals surface area contributed by atoms with Crippen molar-refractivity contribution in [1.82, 2.24) is 4.90 Å². The molecule has 7 heteroatoms. The topological polar surface area (TPSA) is 88.5 Å². The number of likely N-dealkylation sites (tertiary alicyclic amines) is 1. The summed E-state index contributed by atoms with van der Waals surface area (Å²) < 4.78 is 15.2. The Balaban J connectivity index is 2.62. The number of rotatable bonds is 3. The smallest absolute Gasteiger partial charge is 0.410 e. The van der Waals surface area contributed by atoms with Crippen molar-refractivity contribution in [2.24, 2.45) is 0 Å². The molecule has 19 heavy (non-hydrogen) atoms. The zero-order valence-corrected chi connectivity index (χ0v) is 11.8. The lowest BCUT2D eigenvalue weighted by Crippen LogP contribution is -2.58. The SMILES string of the molecule is COCO[C@H]1CN(C(=O)OC(C)(C)C)C[C@H](O)[C@@H]1O. The summed E-state index contributed by atoms with van der Waals surface area (Å²) in [5.41, 5.74) is -0.610. The molecule has 1 fully saturated rings. The second-order valence-corrected chi connectivity index (χ2v) is 5.55. The monoisotopic (exact) mass is 277 g/mol. The molecule has 0 aromatic heterocycles. The van der Waals surface area contributed by atoms with Crippen molar-refractivity contribution in [2.45, 2.75) is 44.7 Å². The van der Waals surface area contributed by atoms with E-state index in [1.54, 1.807) is 20.8 Å². The number of piperidine rings is 1. The molecule has 0 spiro atoms. The molecule has 0 aliphatic carbocycles. The number of methoxy groups -OCH3 is 1. The van der Waals surface area contributed by atoms with Crippen LogP contribution in [0.2, 0.25) is 0 Å². The quantitative estimate of drug-likeness (QED) is 0.703. The number of hydrogen-bond acceptors (Lipinski definition) is 6. The summed E-state index contributed by atoms with van der Waals surface area (Å²) in [6, 6.07) is 0. The lowest BCUT2D eigenvalue weighted by Gasteiger charge is -2.39. The van der Waals surface area contributed by atoms with Gasteiger partial charge in [-0.15, -0.1) is 0 Å². The van der Waals surface area contributed by atoms with E-state index in [-0.39, 0.29) is 19.9 Å². The Kier molecular flexibility index (Phi) is 5.54. The first-order valence-electron chi connectivity index (χ1n) is 6.19. The van der Waals surface area contributed by atoms with E-state index in [4.69, 9.17) is 14.2 Å². The van der Waals surface area contributed by atoms with Crippen LogP contribution in [0.15, 0.2) is 0 Å². The molecule has 0 bridgehead atoms. The molecule has 0 saturated carbocycles.